The van der Waals surface area contributed by atoms with E-state index in [1.54, 1.807) is 0 Å². The number of carbonyl (C=O) groups excluding carboxylic acids is 2. The number of anilines is 1. The summed E-state index contributed by atoms with van der Waals surface area (Å²) in [5, 5.41) is 2.91. The third-order valence-electron chi connectivity index (χ3n) is 6.06. The van der Waals surface area contributed by atoms with Crippen molar-refractivity contribution in [2.45, 2.75) is 44.4 Å². The molecule has 2 aliphatic heterocycles. The van der Waals surface area contributed by atoms with Crippen LogP contribution in [0.3, 0.4) is 0 Å². The van der Waals surface area contributed by atoms with Crippen LogP contribution in [0.4, 0.5) is 5.69 Å². The molecule has 1 atom stereocenters. The normalized spacial score (nSPS) is 19.8. The lowest BCUT2D eigenvalue weighted by atomic mass is 9.86. The molecule has 146 valence electrons. The molecule has 1 unspecified atom stereocenters. The molecule has 2 amide bonds. The van der Waals surface area contributed by atoms with Crippen LogP contribution in [0, 0.1) is 5.92 Å². The first-order valence-electron chi connectivity index (χ1n) is 10.2. The van der Waals surface area contributed by atoms with E-state index in [2.05, 4.69) is 16.4 Å². The first-order valence-corrected chi connectivity index (χ1v) is 10.2. The van der Waals surface area contributed by atoms with Crippen LogP contribution in [-0.2, 0) is 16.0 Å². The maximum Gasteiger partial charge on any atom is 0.225 e. The number of aromatic nitrogens is 1. The molecule has 4 rings (SSSR count). The molecule has 1 N–H and O–H groups in total. The fraction of sp³-hybridized carbons (Fsp3) is 0.435. The number of aryl methyl sites for hydroxylation is 1. The van der Waals surface area contributed by atoms with Crippen molar-refractivity contribution in [1.82, 2.24) is 9.88 Å². The quantitative estimate of drug-likeness (QED) is 0.863. The fourth-order valence-corrected chi connectivity index (χ4v) is 4.41. The Hall–Kier alpha value is -2.69. The molecule has 1 fully saturated rings. The first-order chi connectivity index (χ1) is 13.7. The molecular weight excluding hydrogens is 350 g/mol. The van der Waals surface area contributed by atoms with Crippen LogP contribution in [0.15, 0.2) is 48.8 Å². The predicted octanol–water partition coefficient (Wildman–Crippen LogP) is 3.77. The summed E-state index contributed by atoms with van der Waals surface area (Å²) in [6.45, 7) is 1.66. The average Bonchev–Trinajstić information content (AvgIpc) is 2.73. The Morgan fingerprint density at radius 1 is 1.14 bits per heavy atom. The number of nitrogens with zero attached hydrogens (tertiary/aromatic N) is 2. The highest BCUT2D eigenvalue weighted by Crippen LogP contribution is 2.35. The molecule has 0 bridgehead atoms. The van der Waals surface area contributed by atoms with Crippen LogP contribution in [0.25, 0.3) is 0 Å². The standard InChI is InChI=1S/C23H27N3O2/c27-22-14-19(20-5-1-2-6-21(20)25-22)15-23(28)26-12-9-17(10-13-26)7-8-18-4-3-11-24-16-18/h1-6,11,16-17,19H,7-10,12-15H2,(H,25,27). The minimum Gasteiger partial charge on any atom is -0.343 e. The second-order valence-electron chi connectivity index (χ2n) is 7.96. The molecule has 28 heavy (non-hydrogen) atoms. The topological polar surface area (TPSA) is 62.3 Å². The Kier molecular flexibility index (Phi) is 5.70. The number of hydrogen-bond donors (Lipinski definition) is 1. The Morgan fingerprint density at radius 2 is 1.96 bits per heavy atom. The summed E-state index contributed by atoms with van der Waals surface area (Å²) in [4.78, 5) is 31.0. The minimum absolute atomic E-state index is 0.00519. The Balaban J connectivity index is 1.28. The van der Waals surface area contributed by atoms with Gasteiger partial charge >= 0.3 is 0 Å². The van der Waals surface area contributed by atoms with Crippen molar-refractivity contribution >= 4 is 17.5 Å². The summed E-state index contributed by atoms with van der Waals surface area (Å²) in [5.41, 5.74) is 3.22. The molecule has 1 saturated heterocycles. The van der Waals surface area contributed by atoms with Crippen molar-refractivity contribution in [3.05, 3.63) is 59.9 Å². The maximum atomic E-state index is 12.9. The number of para-hydroxylation sites is 1. The number of likely N-dealkylation sites (tertiary alicyclic amines) is 1. The molecule has 1 aromatic heterocycles. The van der Waals surface area contributed by atoms with E-state index >= 15 is 0 Å². The smallest absolute Gasteiger partial charge is 0.225 e. The number of amides is 2. The van der Waals surface area contributed by atoms with Gasteiger partial charge in [0.2, 0.25) is 11.8 Å². The third-order valence-corrected chi connectivity index (χ3v) is 6.06. The largest absolute Gasteiger partial charge is 0.343 e. The van der Waals surface area contributed by atoms with E-state index < -0.39 is 0 Å². The van der Waals surface area contributed by atoms with Crippen molar-refractivity contribution in [3.63, 3.8) is 0 Å². The molecule has 5 heteroatoms. The van der Waals surface area contributed by atoms with E-state index in [0.717, 1.165) is 50.0 Å². The summed E-state index contributed by atoms with van der Waals surface area (Å²) in [6.07, 6.45) is 8.90. The maximum absolute atomic E-state index is 12.9. The van der Waals surface area contributed by atoms with Crippen LogP contribution in [-0.4, -0.2) is 34.8 Å². The highest BCUT2D eigenvalue weighted by Gasteiger charge is 2.29. The number of benzene rings is 1. The van der Waals surface area contributed by atoms with Gasteiger partial charge < -0.3 is 10.2 Å². The van der Waals surface area contributed by atoms with Crippen LogP contribution < -0.4 is 5.32 Å². The van der Waals surface area contributed by atoms with Crippen molar-refractivity contribution in [3.8, 4) is 0 Å². The van der Waals surface area contributed by atoms with Gasteiger partial charge in [-0.25, -0.2) is 0 Å². The number of nitrogens with one attached hydrogen (secondary N) is 1. The zero-order chi connectivity index (χ0) is 19.3. The van der Waals surface area contributed by atoms with E-state index in [9.17, 15) is 9.59 Å². The zero-order valence-corrected chi connectivity index (χ0v) is 16.1. The van der Waals surface area contributed by atoms with Crippen molar-refractivity contribution < 1.29 is 9.59 Å². The molecule has 0 aliphatic carbocycles. The molecule has 2 aliphatic rings. The van der Waals surface area contributed by atoms with Crippen LogP contribution in [0.1, 0.15) is 49.1 Å². The highest BCUT2D eigenvalue weighted by molar-refractivity contribution is 5.95. The highest BCUT2D eigenvalue weighted by atomic mass is 16.2. The summed E-state index contributed by atoms with van der Waals surface area (Å²) in [5.74, 6) is 0.844. The Bertz CT molecular complexity index is 829. The molecule has 1 aromatic carbocycles. The summed E-state index contributed by atoms with van der Waals surface area (Å²) in [6, 6.07) is 11.9. The number of fused-ring (bicyclic) bond motifs is 1. The lowest BCUT2D eigenvalue weighted by molar-refractivity contribution is -0.133. The zero-order valence-electron chi connectivity index (χ0n) is 16.1. The van der Waals surface area contributed by atoms with Crippen molar-refractivity contribution in [2.75, 3.05) is 18.4 Å². The summed E-state index contributed by atoms with van der Waals surface area (Å²) >= 11 is 0. The monoisotopic (exact) mass is 377 g/mol. The summed E-state index contributed by atoms with van der Waals surface area (Å²) < 4.78 is 0. The van der Waals surface area contributed by atoms with Crippen molar-refractivity contribution in [1.29, 1.82) is 0 Å². The van der Waals surface area contributed by atoms with E-state index in [-0.39, 0.29) is 17.7 Å². The summed E-state index contributed by atoms with van der Waals surface area (Å²) in [7, 11) is 0. The van der Waals surface area contributed by atoms with Gasteiger partial charge in [-0.1, -0.05) is 24.3 Å². The lowest BCUT2D eigenvalue weighted by Crippen LogP contribution is -2.39. The number of hydrogen-bond acceptors (Lipinski definition) is 3. The van der Waals surface area contributed by atoms with Gasteiger partial charge in [-0.3, -0.25) is 14.6 Å². The second kappa shape index (κ2) is 8.55. The van der Waals surface area contributed by atoms with Gasteiger partial charge in [-0.2, -0.15) is 0 Å². The second-order valence-corrected chi connectivity index (χ2v) is 7.96. The van der Waals surface area contributed by atoms with Crippen LogP contribution >= 0.6 is 0 Å². The van der Waals surface area contributed by atoms with E-state index in [4.69, 9.17) is 0 Å². The van der Waals surface area contributed by atoms with Crippen molar-refractivity contribution in [2.24, 2.45) is 5.92 Å². The van der Waals surface area contributed by atoms with E-state index in [0.29, 0.717) is 18.8 Å². The van der Waals surface area contributed by atoms with Gasteiger partial charge in [-0.05, 0) is 54.9 Å². The molecular formula is C23H27N3O2. The molecule has 5 nitrogen and oxygen atoms in total. The average molecular weight is 377 g/mol. The van der Waals surface area contributed by atoms with Crippen LogP contribution in [0.5, 0.6) is 0 Å². The predicted molar refractivity (Wildman–Crippen MR) is 109 cm³/mol. The first kappa shape index (κ1) is 18.7. The van der Waals surface area contributed by atoms with Gasteiger partial charge in [0, 0.05) is 49.9 Å². The van der Waals surface area contributed by atoms with Gasteiger partial charge in [0.05, 0.1) is 0 Å². The molecule has 0 saturated carbocycles. The fourth-order valence-electron chi connectivity index (χ4n) is 4.41. The number of piperidine rings is 1. The Morgan fingerprint density at radius 3 is 2.75 bits per heavy atom. The van der Waals surface area contributed by atoms with Gasteiger partial charge in [0.25, 0.3) is 0 Å². The number of pyridine rings is 1. The molecule has 3 heterocycles. The lowest BCUT2D eigenvalue weighted by Gasteiger charge is -2.34. The molecule has 0 spiro atoms. The number of rotatable bonds is 5. The number of carbonyl (C=O) groups is 2. The van der Waals surface area contributed by atoms with Crippen LogP contribution in [0.2, 0.25) is 0 Å². The van der Waals surface area contributed by atoms with Gasteiger partial charge in [0.1, 0.15) is 0 Å². The Labute approximate surface area is 166 Å². The van der Waals surface area contributed by atoms with Gasteiger partial charge in [-0.15, -0.1) is 0 Å². The molecule has 0 radical (unpaired) electrons. The third kappa shape index (κ3) is 4.41. The van der Waals surface area contributed by atoms with E-state index in [1.165, 1.54) is 5.56 Å². The minimum atomic E-state index is -0.0132. The van der Waals surface area contributed by atoms with Gasteiger partial charge in [0.15, 0.2) is 0 Å². The van der Waals surface area contributed by atoms with E-state index in [1.807, 2.05) is 47.6 Å². The SMILES string of the molecule is O=C1CC(CC(=O)N2CCC(CCc3cccnc3)CC2)c2ccccc2N1. The molecule has 2 aromatic rings.